The van der Waals surface area contributed by atoms with E-state index in [1.807, 2.05) is 50.2 Å². The van der Waals surface area contributed by atoms with Crippen molar-refractivity contribution in [2.24, 2.45) is 0 Å². The van der Waals surface area contributed by atoms with E-state index in [4.69, 9.17) is 21.1 Å². The number of fused-ring (bicyclic) bond motifs is 1. The SMILES string of the molecule is CC1(C)OCC(c2cncc(-c3nnc(Cl)c4c(-c5ccccc5)cccc34)c2)O1. The standard InChI is InChI=1S/C24H20ClN3O2/c1-24(2)29-14-20(30-24)16-11-17(13-26-12-16)22-19-10-6-9-18(15-7-4-3-5-8-15)21(19)23(25)28-27-22/h3-13,20H,14H2,1-2H3. The van der Waals surface area contributed by atoms with Crippen LogP contribution in [-0.2, 0) is 9.47 Å². The molecule has 1 aliphatic heterocycles. The third-order valence-electron chi connectivity index (χ3n) is 5.26. The fourth-order valence-corrected chi connectivity index (χ4v) is 4.10. The van der Waals surface area contributed by atoms with Crippen LogP contribution in [-0.4, -0.2) is 27.6 Å². The van der Waals surface area contributed by atoms with Gasteiger partial charge in [0.05, 0.1) is 6.61 Å². The molecule has 0 aliphatic carbocycles. The molecule has 5 rings (SSSR count). The molecule has 1 atom stereocenters. The molecule has 30 heavy (non-hydrogen) atoms. The first kappa shape index (κ1) is 19.1. The van der Waals surface area contributed by atoms with E-state index in [-0.39, 0.29) is 6.10 Å². The van der Waals surface area contributed by atoms with Gasteiger partial charge in [-0.25, -0.2) is 0 Å². The number of benzene rings is 2. The molecule has 1 unspecified atom stereocenters. The summed E-state index contributed by atoms with van der Waals surface area (Å²) in [7, 11) is 0. The molecule has 3 heterocycles. The molecule has 6 heteroatoms. The van der Waals surface area contributed by atoms with E-state index in [0.29, 0.717) is 11.8 Å². The number of hydrogen-bond donors (Lipinski definition) is 0. The maximum atomic E-state index is 6.51. The Kier molecular flexibility index (Phi) is 4.74. The molecule has 1 aliphatic rings. The van der Waals surface area contributed by atoms with Crippen LogP contribution in [0.2, 0.25) is 5.15 Å². The van der Waals surface area contributed by atoms with Gasteiger partial charge in [0.2, 0.25) is 0 Å². The van der Waals surface area contributed by atoms with Gasteiger partial charge in [0.25, 0.3) is 0 Å². The summed E-state index contributed by atoms with van der Waals surface area (Å²) >= 11 is 6.51. The molecule has 0 amide bonds. The van der Waals surface area contributed by atoms with Crippen LogP contribution in [0.4, 0.5) is 0 Å². The lowest BCUT2D eigenvalue weighted by molar-refractivity contribution is -0.139. The van der Waals surface area contributed by atoms with Crippen LogP contribution in [0.1, 0.15) is 25.5 Å². The third kappa shape index (κ3) is 3.45. The van der Waals surface area contributed by atoms with Gasteiger partial charge in [-0.1, -0.05) is 60.1 Å². The van der Waals surface area contributed by atoms with E-state index in [0.717, 1.165) is 38.7 Å². The molecule has 150 valence electrons. The summed E-state index contributed by atoms with van der Waals surface area (Å²) < 4.78 is 11.7. The van der Waals surface area contributed by atoms with Crippen molar-refractivity contribution >= 4 is 22.4 Å². The van der Waals surface area contributed by atoms with Gasteiger partial charge < -0.3 is 9.47 Å². The van der Waals surface area contributed by atoms with Crippen molar-refractivity contribution in [3.05, 3.63) is 77.7 Å². The van der Waals surface area contributed by atoms with Gasteiger partial charge >= 0.3 is 0 Å². The van der Waals surface area contributed by atoms with E-state index in [1.165, 1.54) is 0 Å². The highest BCUT2D eigenvalue weighted by molar-refractivity contribution is 6.35. The number of nitrogens with zero attached hydrogens (tertiary/aromatic N) is 3. The first-order chi connectivity index (χ1) is 14.5. The van der Waals surface area contributed by atoms with Crippen molar-refractivity contribution in [3.8, 4) is 22.4 Å². The third-order valence-corrected chi connectivity index (χ3v) is 5.53. The quantitative estimate of drug-likeness (QED) is 0.419. The summed E-state index contributed by atoms with van der Waals surface area (Å²) in [6.45, 7) is 4.31. The highest BCUT2D eigenvalue weighted by Crippen LogP contribution is 2.38. The second-order valence-electron chi connectivity index (χ2n) is 7.76. The normalized spacial score (nSPS) is 18.0. The predicted octanol–water partition coefficient (Wildman–Crippen LogP) is 5.84. The summed E-state index contributed by atoms with van der Waals surface area (Å²) in [6, 6.07) is 18.3. The molecule has 1 saturated heterocycles. The number of rotatable bonds is 3. The number of ether oxygens (including phenoxy) is 2. The van der Waals surface area contributed by atoms with E-state index in [2.05, 4.69) is 33.4 Å². The van der Waals surface area contributed by atoms with Crippen molar-refractivity contribution in [2.75, 3.05) is 6.61 Å². The lowest BCUT2D eigenvalue weighted by Crippen LogP contribution is -2.19. The van der Waals surface area contributed by atoms with Crippen LogP contribution in [0.5, 0.6) is 0 Å². The van der Waals surface area contributed by atoms with Gasteiger partial charge in [-0.3, -0.25) is 4.98 Å². The molecular formula is C24H20ClN3O2. The van der Waals surface area contributed by atoms with Crippen LogP contribution < -0.4 is 0 Å². The zero-order valence-electron chi connectivity index (χ0n) is 16.7. The molecule has 5 nitrogen and oxygen atoms in total. The van der Waals surface area contributed by atoms with E-state index < -0.39 is 5.79 Å². The van der Waals surface area contributed by atoms with Gasteiger partial charge in [-0.15, -0.1) is 10.2 Å². The maximum Gasteiger partial charge on any atom is 0.163 e. The molecule has 0 bridgehead atoms. The fraction of sp³-hybridized carbons (Fsp3) is 0.208. The fourth-order valence-electron chi connectivity index (χ4n) is 3.86. The Morgan fingerprint density at radius 3 is 2.57 bits per heavy atom. The molecule has 1 fully saturated rings. The average molecular weight is 418 g/mol. The Morgan fingerprint density at radius 2 is 1.80 bits per heavy atom. The van der Waals surface area contributed by atoms with E-state index in [1.54, 1.807) is 12.4 Å². The Hall–Kier alpha value is -2.86. The van der Waals surface area contributed by atoms with Gasteiger partial charge in [0.1, 0.15) is 11.8 Å². The summed E-state index contributed by atoms with van der Waals surface area (Å²) in [5, 5.41) is 10.9. The number of pyridine rings is 1. The van der Waals surface area contributed by atoms with Gasteiger partial charge in [-0.05, 0) is 31.0 Å². The Labute approximate surface area is 179 Å². The molecule has 4 aromatic rings. The van der Waals surface area contributed by atoms with Crippen molar-refractivity contribution in [1.29, 1.82) is 0 Å². The molecule has 0 N–H and O–H groups in total. The van der Waals surface area contributed by atoms with Crippen LogP contribution in [0.15, 0.2) is 67.0 Å². The average Bonchev–Trinajstić information content (AvgIpc) is 3.14. The number of hydrogen-bond acceptors (Lipinski definition) is 5. The molecule has 2 aromatic carbocycles. The Morgan fingerprint density at radius 1 is 0.967 bits per heavy atom. The van der Waals surface area contributed by atoms with Crippen molar-refractivity contribution in [3.63, 3.8) is 0 Å². The second-order valence-corrected chi connectivity index (χ2v) is 8.12. The topological polar surface area (TPSA) is 57.1 Å². The Balaban J connectivity index is 1.64. The lowest BCUT2D eigenvalue weighted by atomic mass is 9.97. The van der Waals surface area contributed by atoms with Gasteiger partial charge in [-0.2, -0.15) is 0 Å². The van der Waals surface area contributed by atoms with Crippen LogP contribution in [0, 0.1) is 0 Å². The summed E-state index contributed by atoms with van der Waals surface area (Å²) in [5.74, 6) is -0.599. The zero-order chi connectivity index (χ0) is 20.7. The minimum atomic E-state index is -0.599. The zero-order valence-corrected chi connectivity index (χ0v) is 17.4. The maximum absolute atomic E-state index is 6.51. The van der Waals surface area contributed by atoms with Crippen LogP contribution >= 0.6 is 11.6 Å². The predicted molar refractivity (Wildman–Crippen MR) is 117 cm³/mol. The molecule has 2 aromatic heterocycles. The van der Waals surface area contributed by atoms with E-state index in [9.17, 15) is 0 Å². The minimum Gasteiger partial charge on any atom is -0.347 e. The number of halogens is 1. The van der Waals surface area contributed by atoms with Crippen molar-refractivity contribution in [1.82, 2.24) is 15.2 Å². The summed E-state index contributed by atoms with van der Waals surface area (Å²) in [4.78, 5) is 4.43. The number of aromatic nitrogens is 3. The van der Waals surface area contributed by atoms with Crippen LogP contribution in [0.3, 0.4) is 0 Å². The first-order valence-corrected chi connectivity index (χ1v) is 10.2. The molecule has 0 radical (unpaired) electrons. The summed E-state index contributed by atoms with van der Waals surface area (Å²) in [6.07, 6.45) is 3.43. The van der Waals surface area contributed by atoms with Crippen molar-refractivity contribution in [2.45, 2.75) is 25.7 Å². The van der Waals surface area contributed by atoms with E-state index >= 15 is 0 Å². The van der Waals surface area contributed by atoms with Crippen molar-refractivity contribution < 1.29 is 9.47 Å². The lowest BCUT2D eigenvalue weighted by Gasteiger charge is -2.17. The molecule has 0 spiro atoms. The van der Waals surface area contributed by atoms with Crippen LogP contribution in [0.25, 0.3) is 33.2 Å². The van der Waals surface area contributed by atoms with Gasteiger partial charge in [0.15, 0.2) is 10.9 Å². The monoisotopic (exact) mass is 417 g/mol. The largest absolute Gasteiger partial charge is 0.347 e. The highest BCUT2D eigenvalue weighted by atomic mass is 35.5. The molecule has 0 saturated carbocycles. The van der Waals surface area contributed by atoms with Gasteiger partial charge in [0, 0.05) is 34.3 Å². The summed E-state index contributed by atoms with van der Waals surface area (Å²) in [5.41, 5.74) is 4.64. The minimum absolute atomic E-state index is 0.168. The smallest absolute Gasteiger partial charge is 0.163 e. The molecular weight excluding hydrogens is 398 g/mol. The highest BCUT2D eigenvalue weighted by Gasteiger charge is 2.34. The Bertz CT molecular complexity index is 1230. The second kappa shape index (κ2) is 7.43. The first-order valence-electron chi connectivity index (χ1n) is 9.79.